The van der Waals surface area contributed by atoms with E-state index < -0.39 is 0 Å². The molecule has 0 radical (unpaired) electrons. The maximum Gasteiger partial charge on any atom is 0.239 e. The molecule has 0 bridgehead atoms. The van der Waals surface area contributed by atoms with Gasteiger partial charge in [-0.2, -0.15) is 0 Å². The molecule has 2 rings (SSSR count). The molecule has 1 aliphatic carbocycles. The number of hydrogen-bond acceptors (Lipinski definition) is 5. The van der Waals surface area contributed by atoms with Crippen molar-refractivity contribution in [1.29, 1.82) is 0 Å². The number of nitrogen functional groups attached to an aromatic ring is 1. The van der Waals surface area contributed by atoms with Crippen LogP contribution in [-0.2, 0) is 11.2 Å². The minimum Gasteiger partial charge on any atom is -0.384 e. The Morgan fingerprint density at radius 2 is 2.28 bits per heavy atom. The summed E-state index contributed by atoms with van der Waals surface area (Å²) in [6, 6.07) is 2.07. The van der Waals surface area contributed by atoms with Crippen molar-refractivity contribution in [3.63, 3.8) is 0 Å². The number of anilines is 2. The minimum absolute atomic E-state index is 0.0234. The topological polar surface area (TPSA) is 84.1 Å². The van der Waals surface area contributed by atoms with Crippen LogP contribution in [0.15, 0.2) is 6.07 Å². The summed E-state index contributed by atoms with van der Waals surface area (Å²) in [5.74, 6) is 1.84. The summed E-state index contributed by atoms with van der Waals surface area (Å²) < 4.78 is 0. The van der Waals surface area contributed by atoms with Crippen LogP contribution in [0.25, 0.3) is 0 Å². The van der Waals surface area contributed by atoms with Crippen LogP contribution < -0.4 is 16.0 Å². The van der Waals surface area contributed by atoms with Gasteiger partial charge in [0, 0.05) is 25.6 Å². The molecule has 1 aliphatic rings. The maximum atomic E-state index is 11.7. The number of aromatic nitrogens is 2. The number of nitrogens with one attached hydrogen (secondary N) is 1. The van der Waals surface area contributed by atoms with Gasteiger partial charge in [0.2, 0.25) is 5.91 Å². The van der Waals surface area contributed by atoms with Gasteiger partial charge < -0.3 is 16.0 Å². The summed E-state index contributed by atoms with van der Waals surface area (Å²) in [7, 11) is 1.83. The molecule has 1 aromatic heterocycles. The highest BCUT2D eigenvalue weighted by Gasteiger charge is 2.23. The van der Waals surface area contributed by atoms with Crippen LogP contribution in [0.1, 0.15) is 25.6 Å². The average Bonchev–Trinajstić information content (AvgIpc) is 3.11. The molecule has 0 aromatic carbocycles. The first kappa shape index (κ1) is 12.6. The molecule has 1 heterocycles. The van der Waals surface area contributed by atoms with E-state index in [1.807, 2.05) is 14.0 Å². The molecule has 0 atom stereocenters. The highest BCUT2D eigenvalue weighted by atomic mass is 16.2. The molecule has 98 valence electrons. The Hall–Kier alpha value is -1.85. The van der Waals surface area contributed by atoms with Crippen LogP contribution in [0.2, 0.25) is 0 Å². The second-order valence-electron chi connectivity index (χ2n) is 4.62. The molecule has 6 heteroatoms. The number of carbonyl (C=O) groups is 1. The van der Waals surface area contributed by atoms with E-state index in [4.69, 9.17) is 5.73 Å². The van der Waals surface area contributed by atoms with E-state index in [-0.39, 0.29) is 12.5 Å². The first-order valence-electron chi connectivity index (χ1n) is 6.22. The molecule has 1 saturated carbocycles. The molecule has 0 aliphatic heterocycles. The van der Waals surface area contributed by atoms with Crippen molar-refractivity contribution in [2.45, 2.75) is 32.2 Å². The number of nitrogens with zero attached hydrogens (tertiary/aromatic N) is 3. The van der Waals surface area contributed by atoms with Crippen molar-refractivity contribution in [2.75, 3.05) is 24.2 Å². The zero-order valence-electron chi connectivity index (χ0n) is 10.8. The van der Waals surface area contributed by atoms with Crippen molar-refractivity contribution < 1.29 is 4.79 Å². The zero-order chi connectivity index (χ0) is 13.1. The van der Waals surface area contributed by atoms with E-state index in [1.54, 1.807) is 11.0 Å². The smallest absolute Gasteiger partial charge is 0.239 e. The molecule has 1 aromatic rings. The predicted molar refractivity (Wildman–Crippen MR) is 70.3 cm³/mol. The molecule has 3 N–H and O–H groups in total. The Labute approximate surface area is 107 Å². The van der Waals surface area contributed by atoms with Crippen LogP contribution in [-0.4, -0.2) is 35.5 Å². The summed E-state index contributed by atoms with van der Waals surface area (Å²) in [5, 5.41) is 2.94. The van der Waals surface area contributed by atoms with Crippen LogP contribution >= 0.6 is 0 Å². The fourth-order valence-electron chi connectivity index (χ4n) is 1.65. The van der Waals surface area contributed by atoms with E-state index >= 15 is 0 Å². The lowest BCUT2D eigenvalue weighted by Crippen LogP contribution is -2.36. The average molecular weight is 249 g/mol. The third kappa shape index (κ3) is 3.32. The van der Waals surface area contributed by atoms with Crippen molar-refractivity contribution in [1.82, 2.24) is 15.3 Å². The van der Waals surface area contributed by atoms with Crippen LogP contribution in [0.4, 0.5) is 11.6 Å². The zero-order valence-corrected chi connectivity index (χ0v) is 10.8. The summed E-state index contributed by atoms with van der Waals surface area (Å²) in [6.45, 7) is 2.26. The Balaban J connectivity index is 2.00. The number of hydrogen-bond donors (Lipinski definition) is 2. The molecular weight excluding hydrogens is 230 g/mol. The van der Waals surface area contributed by atoms with Gasteiger partial charge in [-0.05, 0) is 12.8 Å². The van der Waals surface area contributed by atoms with Gasteiger partial charge >= 0.3 is 0 Å². The summed E-state index contributed by atoms with van der Waals surface area (Å²) in [6.07, 6.45) is 2.91. The summed E-state index contributed by atoms with van der Waals surface area (Å²) in [4.78, 5) is 21.9. The second kappa shape index (κ2) is 5.20. The van der Waals surface area contributed by atoms with Gasteiger partial charge in [-0.25, -0.2) is 9.97 Å². The molecule has 1 fully saturated rings. The third-order valence-corrected chi connectivity index (χ3v) is 2.81. The molecule has 18 heavy (non-hydrogen) atoms. The van der Waals surface area contributed by atoms with Crippen molar-refractivity contribution in [3.05, 3.63) is 11.9 Å². The third-order valence-electron chi connectivity index (χ3n) is 2.81. The van der Waals surface area contributed by atoms with Crippen molar-refractivity contribution in [3.8, 4) is 0 Å². The van der Waals surface area contributed by atoms with Gasteiger partial charge in [-0.15, -0.1) is 0 Å². The lowest BCUT2D eigenvalue weighted by atomic mass is 10.4. The van der Waals surface area contributed by atoms with Crippen LogP contribution in [0, 0.1) is 0 Å². The van der Waals surface area contributed by atoms with Crippen LogP contribution in [0.3, 0.4) is 0 Å². The SMILES string of the molecule is CCc1nc(N)cc(N(C)CC(=O)NC2CC2)n1. The van der Waals surface area contributed by atoms with Gasteiger partial charge in [0.25, 0.3) is 0 Å². The standard InChI is InChI=1S/C12H19N5O/c1-3-10-15-9(13)6-11(16-10)17(2)7-12(18)14-8-4-5-8/h6,8H,3-5,7H2,1-2H3,(H,14,18)(H2,13,15,16). The van der Waals surface area contributed by atoms with E-state index in [0.29, 0.717) is 23.5 Å². The van der Waals surface area contributed by atoms with E-state index in [9.17, 15) is 4.79 Å². The predicted octanol–water partition coefficient (Wildman–Crippen LogP) is 0.336. The van der Waals surface area contributed by atoms with Crippen molar-refractivity contribution in [2.24, 2.45) is 0 Å². The van der Waals surface area contributed by atoms with Gasteiger partial charge in [0.1, 0.15) is 17.5 Å². The monoisotopic (exact) mass is 249 g/mol. The Morgan fingerprint density at radius 1 is 1.56 bits per heavy atom. The highest BCUT2D eigenvalue weighted by Crippen LogP contribution is 2.18. The van der Waals surface area contributed by atoms with E-state index in [1.165, 1.54) is 0 Å². The summed E-state index contributed by atoms with van der Waals surface area (Å²) in [5.41, 5.74) is 5.72. The molecule has 0 saturated heterocycles. The molecular formula is C12H19N5O. The molecule has 0 unspecified atom stereocenters. The Kier molecular flexibility index (Phi) is 3.64. The number of carbonyl (C=O) groups excluding carboxylic acids is 1. The van der Waals surface area contributed by atoms with Crippen LogP contribution in [0.5, 0.6) is 0 Å². The maximum absolute atomic E-state index is 11.7. The normalized spacial score (nSPS) is 14.3. The van der Waals surface area contributed by atoms with Gasteiger partial charge in [0.15, 0.2) is 0 Å². The minimum atomic E-state index is 0.0234. The largest absolute Gasteiger partial charge is 0.384 e. The van der Waals surface area contributed by atoms with Gasteiger partial charge in [0.05, 0.1) is 6.54 Å². The van der Waals surface area contributed by atoms with E-state index in [2.05, 4.69) is 15.3 Å². The second-order valence-corrected chi connectivity index (χ2v) is 4.62. The number of likely N-dealkylation sites (N-methyl/N-ethyl adjacent to an activating group) is 1. The summed E-state index contributed by atoms with van der Waals surface area (Å²) >= 11 is 0. The fraction of sp³-hybridized carbons (Fsp3) is 0.583. The quantitative estimate of drug-likeness (QED) is 0.786. The lowest BCUT2D eigenvalue weighted by molar-refractivity contribution is -0.119. The number of aryl methyl sites for hydroxylation is 1. The number of nitrogens with two attached hydrogens (primary N) is 1. The van der Waals surface area contributed by atoms with Gasteiger partial charge in [-0.3, -0.25) is 4.79 Å². The molecule has 0 spiro atoms. The van der Waals surface area contributed by atoms with Crippen molar-refractivity contribution >= 4 is 17.5 Å². The first-order chi connectivity index (χ1) is 8.58. The first-order valence-corrected chi connectivity index (χ1v) is 6.22. The fourth-order valence-corrected chi connectivity index (χ4v) is 1.65. The molecule has 6 nitrogen and oxygen atoms in total. The number of amides is 1. The Bertz CT molecular complexity index is 444. The Morgan fingerprint density at radius 3 is 2.89 bits per heavy atom. The lowest BCUT2D eigenvalue weighted by Gasteiger charge is -2.18. The van der Waals surface area contributed by atoms with Gasteiger partial charge in [-0.1, -0.05) is 6.92 Å². The van der Waals surface area contributed by atoms with E-state index in [0.717, 1.165) is 19.3 Å². The highest BCUT2D eigenvalue weighted by molar-refractivity contribution is 5.81. The number of rotatable bonds is 5. The molecule has 1 amide bonds.